The lowest BCUT2D eigenvalue weighted by Gasteiger charge is -2.45. The third kappa shape index (κ3) is 1.78. The molecule has 0 saturated carbocycles. The lowest BCUT2D eigenvalue weighted by molar-refractivity contribution is 0.394. The quantitative estimate of drug-likeness (QED) is 0.685. The number of benzene rings is 1. The molecule has 0 bridgehead atoms. The van der Waals surface area contributed by atoms with Gasteiger partial charge in [0.25, 0.3) is 0 Å². The molecule has 17 heavy (non-hydrogen) atoms. The van der Waals surface area contributed by atoms with Crippen LogP contribution in [-0.2, 0) is 0 Å². The highest BCUT2D eigenvalue weighted by Gasteiger charge is 2.34. The number of hydrogen-bond donors (Lipinski definition) is 0. The second-order valence-electron chi connectivity index (χ2n) is 5.48. The van der Waals surface area contributed by atoms with E-state index < -0.39 is 5.82 Å². The second-order valence-corrected chi connectivity index (χ2v) is 5.48. The van der Waals surface area contributed by atoms with Crippen LogP contribution in [0, 0.1) is 17.1 Å². The Morgan fingerprint density at radius 3 is 2.71 bits per heavy atom. The van der Waals surface area contributed by atoms with Gasteiger partial charge in [-0.3, -0.25) is 0 Å². The zero-order valence-corrected chi connectivity index (χ0v) is 10.7. The predicted molar refractivity (Wildman–Crippen MR) is 66.6 cm³/mol. The van der Waals surface area contributed by atoms with Crippen LogP contribution in [0.15, 0.2) is 12.1 Å². The van der Waals surface area contributed by atoms with Gasteiger partial charge in [0.1, 0.15) is 11.9 Å². The first-order valence-electron chi connectivity index (χ1n) is 5.84. The fourth-order valence-electron chi connectivity index (χ4n) is 2.67. The number of nitriles is 1. The normalized spacial score (nSPS) is 21.9. The van der Waals surface area contributed by atoms with Crippen molar-refractivity contribution in [3.63, 3.8) is 0 Å². The van der Waals surface area contributed by atoms with Crippen LogP contribution in [0.1, 0.15) is 44.2 Å². The van der Waals surface area contributed by atoms with Crippen LogP contribution in [-0.4, -0.2) is 12.6 Å². The van der Waals surface area contributed by atoms with Crippen molar-refractivity contribution >= 4 is 5.69 Å². The first-order valence-corrected chi connectivity index (χ1v) is 5.84. The summed E-state index contributed by atoms with van der Waals surface area (Å²) in [6, 6.07) is 5.09. The van der Waals surface area contributed by atoms with Gasteiger partial charge in [0.2, 0.25) is 0 Å². The Bertz CT molecular complexity index is 500. The van der Waals surface area contributed by atoms with E-state index in [9.17, 15) is 4.39 Å². The minimum absolute atomic E-state index is 0.0208. The lowest BCUT2D eigenvalue weighted by Crippen LogP contribution is -2.45. The van der Waals surface area contributed by atoms with Crippen molar-refractivity contribution in [2.45, 2.75) is 38.6 Å². The van der Waals surface area contributed by atoms with E-state index in [4.69, 9.17) is 5.26 Å². The monoisotopic (exact) mass is 232 g/mol. The topological polar surface area (TPSA) is 27.0 Å². The molecule has 0 aromatic heterocycles. The molecule has 2 nitrogen and oxygen atoms in total. The predicted octanol–water partition coefficient (Wildman–Crippen LogP) is 3.42. The molecule has 1 aromatic rings. The first-order chi connectivity index (χ1) is 7.86. The number of fused-ring (bicyclic) bond motifs is 1. The summed E-state index contributed by atoms with van der Waals surface area (Å²) in [4.78, 5) is 2.10. The van der Waals surface area contributed by atoms with Crippen molar-refractivity contribution in [2.75, 3.05) is 11.9 Å². The molecule has 0 N–H and O–H groups in total. The van der Waals surface area contributed by atoms with E-state index in [1.807, 2.05) is 13.1 Å². The maximum absolute atomic E-state index is 13.7. The Balaban J connectivity index is 2.63. The fourth-order valence-corrected chi connectivity index (χ4v) is 2.67. The number of rotatable bonds is 0. The largest absolute Gasteiger partial charge is 0.369 e. The zero-order valence-electron chi connectivity index (χ0n) is 10.7. The summed E-state index contributed by atoms with van der Waals surface area (Å²) in [6.45, 7) is 6.44. The Morgan fingerprint density at radius 2 is 2.12 bits per heavy atom. The van der Waals surface area contributed by atoms with E-state index in [2.05, 4.69) is 25.7 Å². The van der Waals surface area contributed by atoms with E-state index in [0.717, 1.165) is 17.7 Å². The van der Waals surface area contributed by atoms with Gasteiger partial charge in [-0.25, -0.2) is 4.39 Å². The van der Waals surface area contributed by atoms with E-state index in [-0.39, 0.29) is 11.1 Å². The summed E-state index contributed by atoms with van der Waals surface area (Å²) < 4.78 is 13.7. The third-order valence-corrected chi connectivity index (χ3v) is 3.84. The molecule has 1 atom stereocenters. The molecule has 0 spiro atoms. The standard InChI is InChI=1S/C14H17FN2/c1-9-7-14(2,3)17(4)13-6-12(15)10(8-16)5-11(9)13/h5-6,9H,7H2,1-4H3/t9-/m1/s1. The Labute approximate surface area is 102 Å². The van der Waals surface area contributed by atoms with Crippen molar-refractivity contribution in [2.24, 2.45) is 0 Å². The average molecular weight is 232 g/mol. The second kappa shape index (κ2) is 3.73. The van der Waals surface area contributed by atoms with Crippen LogP contribution >= 0.6 is 0 Å². The van der Waals surface area contributed by atoms with Crippen molar-refractivity contribution in [3.05, 3.63) is 29.1 Å². The molecule has 0 amide bonds. The lowest BCUT2D eigenvalue weighted by atomic mass is 9.80. The number of halogens is 1. The Hall–Kier alpha value is -1.56. The van der Waals surface area contributed by atoms with Crippen LogP contribution in [0.4, 0.5) is 10.1 Å². The highest BCUT2D eigenvalue weighted by molar-refractivity contribution is 5.61. The minimum atomic E-state index is -0.428. The van der Waals surface area contributed by atoms with Gasteiger partial charge < -0.3 is 4.90 Å². The Morgan fingerprint density at radius 1 is 1.47 bits per heavy atom. The molecule has 1 aliphatic heterocycles. The number of hydrogen-bond acceptors (Lipinski definition) is 2. The van der Waals surface area contributed by atoms with Gasteiger partial charge in [-0.1, -0.05) is 6.92 Å². The van der Waals surface area contributed by atoms with Crippen molar-refractivity contribution < 1.29 is 4.39 Å². The van der Waals surface area contributed by atoms with Crippen LogP contribution < -0.4 is 4.90 Å². The van der Waals surface area contributed by atoms with Gasteiger partial charge >= 0.3 is 0 Å². The molecule has 0 radical (unpaired) electrons. The highest BCUT2D eigenvalue weighted by Crippen LogP contribution is 2.43. The molecule has 0 unspecified atom stereocenters. The average Bonchev–Trinajstić information content (AvgIpc) is 2.25. The molecule has 1 heterocycles. The maximum atomic E-state index is 13.7. The van der Waals surface area contributed by atoms with Gasteiger partial charge in [-0.05, 0) is 43.9 Å². The summed E-state index contributed by atoms with van der Waals surface area (Å²) in [5.41, 5.74) is 2.14. The molecule has 1 aromatic carbocycles. The van der Waals surface area contributed by atoms with E-state index in [1.165, 1.54) is 6.07 Å². The first kappa shape index (κ1) is 11.9. The smallest absolute Gasteiger partial charge is 0.143 e. The van der Waals surface area contributed by atoms with Gasteiger partial charge in [0, 0.05) is 18.3 Å². The highest BCUT2D eigenvalue weighted by atomic mass is 19.1. The zero-order chi connectivity index (χ0) is 12.8. The number of anilines is 1. The molecular weight excluding hydrogens is 215 g/mol. The molecule has 0 saturated heterocycles. The van der Waals surface area contributed by atoms with Crippen LogP contribution in [0.3, 0.4) is 0 Å². The molecule has 0 aliphatic carbocycles. The van der Waals surface area contributed by atoms with Gasteiger partial charge in [0.15, 0.2) is 0 Å². The van der Waals surface area contributed by atoms with Gasteiger partial charge in [-0.15, -0.1) is 0 Å². The summed E-state index contributed by atoms with van der Waals surface area (Å²) in [5, 5.41) is 8.87. The van der Waals surface area contributed by atoms with Crippen LogP contribution in [0.2, 0.25) is 0 Å². The van der Waals surface area contributed by atoms with E-state index in [0.29, 0.717) is 5.92 Å². The molecular formula is C14H17FN2. The number of nitrogens with zero attached hydrogens (tertiary/aromatic N) is 2. The molecule has 3 heteroatoms. The molecule has 0 fully saturated rings. The summed E-state index contributed by atoms with van der Waals surface area (Å²) >= 11 is 0. The summed E-state index contributed by atoms with van der Waals surface area (Å²) in [6.07, 6.45) is 1.01. The molecule has 2 rings (SSSR count). The molecule has 90 valence electrons. The van der Waals surface area contributed by atoms with Gasteiger partial charge in [-0.2, -0.15) is 5.26 Å². The van der Waals surface area contributed by atoms with Crippen LogP contribution in [0.25, 0.3) is 0 Å². The van der Waals surface area contributed by atoms with Crippen molar-refractivity contribution in [1.82, 2.24) is 0 Å². The molecule has 1 aliphatic rings. The fraction of sp³-hybridized carbons (Fsp3) is 0.500. The van der Waals surface area contributed by atoms with Crippen LogP contribution in [0.5, 0.6) is 0 Å². The maximum Gasteiger partial charge on any atom is 0.143 e. The van der Waals surface area contributed by atoms with Crippen molar-refractivity contribution in [1.29, 1.82) is 5.26 Å². The van der Waals surface area contributed by atoms with Crippen molar-refractivity contribution in [3.8, 4) is 6.07 Å². The van der Waals surface area contributed by atoms with E-state index in [1.54, 1.807) is 6.07 Å². The van der Waals surface area contributed by atoms with E-state index >= 15 is 0 Å². The summed E-state index contributed by atoms with van der Waals surface area (Å²) in [5.74, 6) is -0.0769. The third-order valence-electron chi connectivity index (χ3n) is 3.84. The SMILES string of the molecule is C[C@@H]1CC(C)(C)N(C)c2cc(F)c(C#N)cc21. The van der Waals surface area contributed by atoms with Gasteiger partial charge in [0.05, 0.1) is 5.56 Å². The minimum Gasteiger partial charge on any atom is -0.369 e. The summed E-state index contributed by atoms with van der Waals surface area (Å²) in [7, 11) is 1.98. The Kier molecular flexibility index (Phi) is 2.61.